The second-order valence-electron chi connectivity index (χ2n) is 3.78. The van der Waals surface area contributed by atoms with Gasteiger partial charge in [-0.1, -0.05) is 13.5 Å². The molecule has 15 heavy (non-hydrogen) atoms. The fourth-order valence-electron chi connectivity index (χ4n) is 1.72. The van der Waals surface area contributed by atoms with E-state index in [0.29, 0.717) is 13.1 Å². The summed E-state index contributed by atoms with van der Waals surface area (Å²) in [5.74, 6) is 0. The predicted octanol–water partition coefficient (Wildman–Crippen LogP) is 2.09. The summed E-state index contributed by atoms with van der Waals surface area (Å²) in [5.41, 5.74) is 0.193. The van der Waals surface area contributed by atoms with Crippen LogP contribution in [0.1, 0.15) is 13.3 Å². The van der Waals surface area contributed by atoms with Crippen molar-refractivity contribution in [3.05, 3.63) is 12.3 Å². The van der Waals surface area contributed by atoms with E-state index in [-0.39, 0.29) is 5.70 Å². The third-order valence-corrected chi connectivity index (χ3v) is 2.67. The van der Waals surface area contributed by atoms with Crippen LogP contribution in [0.15, 0.2) is 12.3 Å². The van der Waals surface area contributed by atoms with Crippen LogP contribution in [0.4, 0.5) is 13.2 Å². The van der Waals surface area contributed by atoms with Gasteiger partial charge < -0.3 is 9.80 Å². The number of nitrogens with zero attached hydrogens (tertiary/aromatic N) is 2. The number of halogens is 3. The Kier molecular flexibility index (Phi) is 4.02. The SMILES string of the molecule is C=C(CC(F)(F)F)N1CCN(CC)CC1. The molecule has 1 aliphatic heterocycles. The minimum atomic E-state index is -4.14. The summed E-state index contributed by atoms with van der Waals surface area (Å²) in [6, 6.07) is 0. The van der Waals surface area contributed by atoms with Crippen LogP contribution in [0, 0.1) is 0 Å². The Morgan fingerprint density at radius 1 is 1.20 bits per heavy atom. The van der Waals surface area contributed by atoms with Gasteiger partial charge in [-0.05, 0) is 6.54 Å². The Hall–Kier alpha value is -0.710. The summed E-state index contributed by atoms with van der Waals surface area (Å²) in [7, 11) is 0. The molecule has 0 N–H and O–H groups in total. The molecule has 1 fully saturated rings. The van der Waals surface area contributed by atoms with E-state index in [1.807, 2.05) is 0 Å². The average molecular weight is 222 g/mol. The van der Waals surface area contributed by atoms with E-state index in [1.165, 1.54) is 0 Å². The summed E-state index contributed by atoms with van der Waals surface area (Å²) in [5, 5.41) is 0. The molecular weight excluding hydrogens is 205 g/mol. The quantitative estimate of drug-likeness (QED) is 0.721. The first-order chi connectivity index (χ1) is 6.92. The molecule has 0 unspecified atom stereocenters. The molecule has 0 atom stereocenters. The highest BCUT2D eigenvalue weighted by atomic mass is 19.4. The Labute approximate surface area is 88.3 Å². The second-order valence-corrected chi connectivity index (χ2v) is 3.78. The van der Waals surface area contributed by atoms with Crippen LogP contribution in [-0.2, 0) is 0 Å². The van der Waals surface area contributed by atoms with Crippen LogP contribution in [-0.4, -0.2) is 48.7 Å². The lowest BCUT2D eigenvalue weighted by Crippen LogP contribution is -2.45. The van der Waals surface area contributed by atoms with Gasteiger partial charge in [-0.3, -0.25) is 0 Å². The zero-order valence-corrected chi connectivity index (χ0v) is 8.98. The summed E-state index contributed by atoms with van der Waals surface area (Å²) >= 11 is 0. The van der Waals surface area contributed by atoms with Crippen LogP contribution in [0.3, 0.4) is 0 Å². The third kappa shape index (κ3) is 4.11. The van der Waals surface area contributed by atoms with Crippen molar-refractivity contribution in [2.75, 3.05) is 32.7 Å². The number of rotatable bonds is 3. The van der Waals surface area contributed by atoms with Gasteiger partial charge in [0, 0.05) is 31.9 Å². The molecule has 0 aromatic carbocycles. The number of allylic oxidation sites excluding steroid dienone is 1. The molecule has 0 amide bonds. The molecule has 0 bridgehead atoms. The van der Waals surface area contributed by atoms with Gasteiger partial charge in [-0.15, -0.1) is 0 Å². The molecule has 0 saturated carbocycles. The Morgan fingerprint density at radius 2 is 1.73 bits per heavy atom. The standard InChI is InChI=1S/C10H17F3N2/c1-3-14-4-6-15(7-5-14)9(2)8-10(11,12)13/h2-8H2,1H3. The van der Waals surface area contributed by atoms with Crippen LogP contribution in [0.5, 0.6) is 0 Å². The first kappa shape index (κ1) is 12.4. The average Bonchev–Trinajstić information content (AvgIpc) is 2.15. The molecule has 1 rings (SSSR count). The van der Waals surface area contributed by atoms with E-state index in [2.05, 4.69) is 18.4 Å². The first-order valence-electron chi connectivity index (χ1n) is 5.14. The minimum absolute atomic E-state index is 0.193. The third-order valence-electron chi connectivity index (χ3n) is 2.67. The monoisotopic (exact) mass is 222 g/mol. The van der Waals surface area contributed by atoms with E-state index in [9.17, 15) is 13.2 Å². The lowest BCUT2D eigenvalue weighted by Gasteiger charge is -2.36. The van der Waals surface area contributed by atoms with Crippen molar-refractivity contribution >= 4 is 0 Å². The van der Waals surface area contributed by atoms with E-state index in [1.54, 1.807) is 4.90 Å². The summed E-state index contributed by atoms with van der Waals surface area (Å²) in [6.07, 6.45) is -5.03. The Bertz CT molecular complexity index is 217. The summed E-state index contributed by atoms with van der Waals surface area (Å²) < 4.78 is 36.3. The van der Waals surface area contributed by atoms with E-state index in [4.69, 9.17) is 0 Å². The van der Waals surface area contributed by atoms with Crippen LogP contribution < -0.4 is 0 Å². The van der Waals surface area contributed by atoms with Crippen molar-refractivity contribution in [3.63, 3.8) is 0 Å². The van der Waals surface area contributed by atoms with Gasteiger partial charge in [0.1, 0.15) is 0 Å². The van der Waals surface area contributed by atoms with E-state index >= 15 is 0 Å². The van der Waals surface area contributed by atoms with Crippen molar-refractivity contribution in [2.24, 2.45) is 0 Å². The highest BCUT2D eigenvalue weighted by molar-refractivity contribution is 4.98. The summed E-state index contributed by atoms with van der Waals surface area (Å²) in [4.78, 5) is 3.96. The van der Waals surface area contributed by atoms with Gasteiger partial charge >= 0.3 is 6.18 Å². The molecule has 5 heteroatoms. The second kappa shape index (κ2) is 4.88. The zero-order valence-electron chi connectivity index (χ0n) is 8.98. The van der Waals surface area contributed by atoms with Gasteiger partial charge in [0.05, 0.1) is 6.42 Å². The lowest BCUT2D eigenvalue weighted by molar-refractivity contribution is -0.130. The molecule has 0 aromatic heterocycles. The van der Waals surface area contributed by atoms with Gasteiger partial charge in [0.15, 0.2) is 0 Å². The number of likely N-dealkylation sites (N-methyl/N-ethyl adjacent to an activating group) is 1. The number of piperazine rings is 1. The lowest BCUT2D eigenvalue weighted by atomic mass is 10.2. The Morgan fingerprint density at radius 3 is 2.13 bits per heavy atom. The van der Waals surface area contributed by atoms with Crippen molar-refractivity contribution in [2.45, 2.75) is 19.5 Å². The predicted molar refractivity (Wildman–Crippen MR) is 53.5 cm³/mol. The normalized spacial score (nSPS) is 19.3. The molecular formula is C10H17F3N2. The fourth-order valence-corrected chi connectivity index (χ4v) is 1.72. The van der Waals surface area contributed by atoms with Gasteiger partial charge in [0.2, 0.25) is 0 Å². The number of alkyl halides is 3. The van der Waals surface area contributed by atoms with Crippen molar-refractivity contribution in [1.82, 2.24) is 9.80 Å². The molecule has 0 radical (unpaired) electrons. The largest absolute Gasteiger partial charge is 0.394 e. The number of hydrogen-bond acceptors (Lipinski definition) is 2. The van der Waals surface area contributed by atoms with Crippen molar-refractivity contribution in [3.8, 4) is 0 Å². The summed E-state index contributed by atoms with van der Waals surface area (Å²) in [6.45, 7) is 9.48. The highest BCUT2D eigenvalue weighted by Gasteiger charge is 2.30. The van der Waals surface area contributed by atoms with Crippen LogP contribution >= 0.6 is 0 Å². The molecule has 0 aromatic rings. The molecule has 0 spiro atoms. The molecule has 0 aliphatic carbocycles. The smallest absolute Gasteiger partial charge is 0.372 e. The molecule has 2 nitrogen and oxygen atoms in total. The van der Waals surface area contributed by atoms with Gasteiger partial charge in [0.25, 0.3) is 0 Å². The van der Waals surface area contributed by atoms with E-state index in [0.717, 1.165) is 19.6 Å². The van der Waals surface area contributed by atoms with Crippen LogP contribution in [0.2, 0.25) is 0 Å². The maximum absolute atomic E-state index is 12.1. The molecule has 88 valence electrons. The first-order valence-corrected chi connectivity index (χ1v) is 5.14. The Balaban J connectivity index is 2.37. The topological polar surface area (TPSA) is 6.48 Å². The fraction of sp³-hybridized carbons (Fsp3) is 0.800. The van der Waals surface area contributed by atoms with Crippen molar-refractivity contribution < 1.29 is 13.2 Å². The zero-order chi connectivity index (χ0) is 11.5. The molecule has 1 aliphatic rings. The molecule has 1 saturated heterocycles. The number of hydrogen-bond donors (Lipinski definition) is 0. The maximum Gasteiger partial charge on any atom is 0.394 e. The molecule has 1 heterocycles. The highest BCUT2D eigenvalue weighted by Crippen LogP contribution is 2.25. The van der Waals surface area contributed by atoms with Gasteiger partial charge in [-0.25, -0.2) is 0 Å². The maximum atomic E-state index is 12.1. The van der Waals surface area contributed by atoms with Crippen molar-refractivity contribution in [1.29, 1.82) is 0 Å². The van der Waals surface area contributed by atoms with Gasteiger partial charge in [-0.2, -0.15) is 13.2 Å². The minimum Gasteiger partial charge on any atom is -0.372 e. The van der Waals surface area contributed by atoms with Crippen LogP contribution in [0.25, 0.3) is 0 Å². The van der Waals surface area contributed by atoms with E-state index < -0.39 is 12.6 Å².